The second kappa shape index (κ2) is 13.8. The van der Waals surface area contributed by atoms with Gasteiger partial charge in [-0.15, -0.1) is 0 Å². The van der Waals surface area contributed by atoms with E-state index < -0.39 is 0 Å². The van der Waals surface area contributed by atoms with Gasteiger partial charge in [-0.1, -0.05) is 164 Å². The molecule has 0 radical (unpaired) electrons. The van der Waals surface area contributed by atoms with Crippen molar-refractivity contribution in [3.8, 4) is 78.8 Å². The van der Waals surface area contributed by atoms with Crippen molar-refractivity contribution in [3.63, 3.8) is 0 Å². The molecule has 0 bridgehead atoms. The van der Waals surface area contributed by atoms with Gasteiger partial charge >= 0.3 is 0 Å². The van der Waals surface area contributed by atoms with Crippen LogP contribution in [0.5, 0.6) is 0 Å². The van der Waals surface area contributed by atoms with Gasteiger partial charge in [-0.3, -0.25) is 0 Å². The van der Waals surface area contributed by atoms with E-state index in [0.717, 1.165) is 83.5 Å². The molecular formula is C50H32N4O. The second-order valence-corrected chi connectivity index (χ2v) is 13.5. The van der Waals surface area contributed by atoms with Crippen LogP contribution in [-0.2, 0) is 0 Å². The number of benzene rings is 7. The largest absolute Gasteiger partial charge is 0.438 e. The standard InChI is InChI=1S/C50H32N4O/c1-4-15-33(16-5-1)43-32-44(34-17-6-2-7-18-34)52-48(51-43)40-25-13-23-38(30-40)36-21-12-22-37(29-36)39-24-14-26-41(31-39)49-53-47(35-19-8-3-9-20-35)46-42-27-10-11-28-45(42)55-50(46)54-49/h1-32H. The van der Waals surface area contributed by atoms with Crippen molar-refractivity contribution in [2.45, 2.75) is 0 Å². The zero-order chi connectivity index (χ0) is 36.6. The van der Waals surface area contributed by atoms with Crippen LogP contribution in [0.25, 0.3) is 101 Å². The number of furan rings is 1. The summed E-state index contributed by atoms with van der Waals surface area (Å²) in [6, 6.07) is 66.4. The van der Waals surface area contributed by atoms with Crippen LogP contribution in [0.1, 0.15) is 0 Å². The van der Waals surface area contributed by atoms with Crippen molar-refractivity contribution < 1.29 is 4.42 Å². The Morgan fingerprint density at radius 2 is 0.727 bits per heavy atom. The van der Waals surface area contributed by atoms with Crippen LogP contribution in [0.3, 0.4) is 0 Å². The molecule has 0 amide bonds. The number of aromatic nitrogens is 4. The Hall–Kier alpha value is -7.50. The average Bonchev–Trinajstić information content (AvgIpc) is 3.66. The summed E-state index contributed by atoms with van der Waals surface area (Å²) in [6.07, 6.45) is 0. The van der Waals surface area contributed by atoms with Crippen LogP contribution in [0.2, 0.25) is 0 Å². The van der Waals surface area contributed by atoms with Crippen molar-refractivity contribution in [1.29, 1.82) is 0 Å². The molecule has 7 aromatic carbocycles. The maximum Gasteiger partial charge on any atom is 0.231 e. The van der Waals surface area contributed by atoms with Gasteiger partial charge in [-0.05, 0) is 52.6 Å². The molecule has 0 aliphatic carbocycles. The number of para-hydroxylation sites is 1. The van der Waals surface area contributed by atoms with Crippen LogP contribution in [0.4, 0.5) is 0 Å². The summed E-state index contributed by atoms with van der Waals surface area (Å²) in [5.41, 5.74) is 13.3. The van der Waals surface area contributed by atoms with E-state index >= 15 is 0 Å². The first-order chi connectivity index (χ1) is 27.2. The minimum Gasteiger partial charge on any atom is -0.438 e. The zero-order valence-electron chi connectivity index (χ0n) is 29.7. The van der Waals surface area contributed by atoms with Gasteiger partial charge in [0.15, 0.2) is 11.6 Å². The Morgan fingerprint density at radius 3 is 1.27 bits per heavy atom. The van der Waals surface area contributed by atoms with Crippen LogP contribution in [0, 0.1) is 0 Å². The molecule has 5 heteroatoms. The molecule has 258 valence electrons. The third-order valence-corrected chi connectivity index (χ3v) is 9.92. The predicted molar refractivity (Wildman–Crippen MR) is 223 cm³/mol. The Kier molecular flexibility index (Phi) is 8.08. The van der Waals surface area contributed by atoms with Crippen LogP contribution < -0.4 is 0 Å². The van der Waals surface area contributed by atoms with Gasteiger partial charge in [0.05, 0.1) is 22.5 Å². The van der Waals surface area contributed by atoms with Crippen molar-refractivity contribution >= 4 is 22.1 Å². The number of fused-ring (bicyclic) bond motifs is 3. The summed E-state index contributed by atoms with van der Waals surface area (Å²) in [4.78, 5) is 20.3. The van der Waals surface area contributed by atoms with E-state index in [9.17, 15) is 0 Å². The van der Waals surface area contributed by atoms with E-state index in [1.165, 1.54) is 0 Å². The quantitative estimate of drug-likeness (QED) is 0.165. The first-order valence-electron chi connectivity index (χ1n) is 18.3. The van der Waals surface area contributed by atoms with Gasteiger partial charge in [0, 0.05) is 33.2 Å². The van der Waals surface area contributed by atoms with Crippen molar-refractivity contribution in [3.05, 3.63) is 194 Å². The van der Waals surface area contributed by atoms with Gasteiger partial charge in [-0.25, -0.2) is 15.0 Å². The monoisotopic (exact) mass is 704 g/mol. The van der Waals surface area contributed by atoms with Gasteiger partial charge in [0.1, 0.15) is 5.58 Å². The maximum atomic E-state index is 6.30. The first kappa shape index (κ1) is 32.2. The van der Waals surface area contributed by atoms with E-state index in [-0.39, 0.29) is 0 Å². The lowest BCUT2D eigenvalue weighted by molar-refractivity contribution is 0.653. The number of hydrogen-bond donors (Lipinski definition) is 0. The first-order valence-corrected chi connectivity index (χ1v) is 18.3. The van der Waals surface area contributed by atoms with Crippen molar-refractivity contribution in [2.24, 2.45) is 0 Å². The normalized spacial score (nSPS) is 11.3. The molecule has 5 nitrogen and oxygen atoms in total. The molecule has 0 aliphatic heterocycles. The molecule has 3 heterocycles. The van der Waals surface area contributed by atoms with Crippen molar-refractivity contribution in [2.75, 3.05) is 0 Å². The molecule has 10 aromatic rings. The number of hydrogen-bond acceptors (Lipinski definition) is 5. The highest BCUT2D eigenvalue weighted by molar-refractivity contribution is 6.10. The molecule has 0 fully saturated rings. The molecular weight excluding hydrogens is 673 g/mol. The number of rotatable bonds is 7. The fourth-order valence-electron chi connectivity index (χ4n) is 7.20. The van der Waals surface area contributed by atoms with E-state index in [1.54, 1.807) is 0 Å². The highest BCUT2D eigenvalue weighted by Gasteiger charge is 2.18. The average molecular weight is 705 g/mol. The Labute approximate surface area is 318 Å². The van der Waals surface area contributed by atoms with Crippen LogP contribution in [0.15, 0.2) is 199 Å². The highest BCUT2D eigenvalue weighted by atomic mass is 16.3. The molecule has 55 heavy (non-hydrogen) atoms. The third-order valence-electron chi connectivity index (χ3n) is 9.92. The molecule has 0 aliphatic rings. The minimum absolute atomic E-state index is 0.575. The molecule has 3 aromatic heterocycles. The molecule has 10 rings (SSSR count). The summed E-state index contributed by atoms with van der Waals surface area (Å²) >= 11 is 0. The Bertz CT molecular complexity index is 2920. The molecule has 0 unspecified atom stereocenters. The lowest BCUT2D eigenvalue weighted by atomic mass is 9.96. The van der Waals surface area contributed by atoms with E-state index in [0.29, 0.717) is 17.4 Å². The summed E-state index contributed by atoms with van der Waals surface area (Å²) < 4.78 is 6.30. The van der Waals surface area contributed by atoms with Gasteiger partial charge < -0.3 is 4.42 Å². The van der Waals surface area contributed by atoms with Crippen LogP contribution in [-0.4, -0.2) is 19.9 Å². The van der Waals surface area contributed by atoms with Crippen LogP contribution >= 0.6 is 0 Å². The molecule has 0 saturated carbocycles. The predicted octanol–water partition coefficient (Wildman–Crippen LogP) is 12.8. The molecule has 0 atom stereocenters. The maximum absolute atomic E-state index is 6.30. The molecule has 0 saturated heterocycles. The second-order valence-electron chi connectivity index (χ2n) is 13.5. The third kappa shape index (κ3) is 6.24. The molecule has 0 spiro atoms. The molecule has 0 N–H and O–H groups in total. The smallest absolute Gasteiger partial charge is 0.231 e. The minimum atomic E-state index is 0.575. The summed E-state index contributed by atoms with van der Waals surface area (Å²) in [5.74, 6) is 1.30. The topological polar surface area (TPSA) is 64.7 Å². The zero-order valence-corrected chi connectivity index (χ0v) is 29.7. The summed E-state index contributed by atoms with van der Waals surface area (Å²) in [5, 5.41) is 1.93. The van der Waals surface area contributed by atoms with Gasteiger partial charge in [0.25, 0.3) is 0 Å². The highest BCUT2D eigenvalue weighted by Crippen LogP contribution is 2.37. The SMILES string of the molecule is c1ccc(-c2cc(-c3ccccc3)nc(-c3cccc(-c4cccc(-c5cccc(-c6nc(-c7ccccc7)c7c(n6)oc6ccccc67)c5)c4)c3)n2)cc1. The summed E-state index contributed by atoms with van der Waals surface area (Å²) in [6.45, 7) is 0. The number of nitrogens with zero attached hydrogens (tertiary/aromatic N) is 4. The fourth-order valence-corrected chi connectivity index (χ4v) is 7.20. The lowest BCUT2D eigenvalue weighted by Crippen LogP contribution is -1.96. The fraction of sp³-hybridized carbons (Fsp3) is 0. The summed E-state index contributed by atoms with van der Waals surface area (Å²) in [7, 11) is 0. The van der Waals surface area contributed by atoms with Gasteiger partial charge in [0.2, 0.25) is 5.71 Å². The van der Waals surface area contributed by atoms with E-state index in [4.69, 9.17) is 24.4 Å². The van der Waals surface area contributed by atoms with E-state index in [1.807, 2.05) is 72.8 Å². The Morgan fingerprint density at radius 1 is 0.309 bits per heavy atom. The Balaban J connectivity index is 1.03. The lowest BCUT2D eigenvalue weighted by Gasteiger charge is -2.11. The van der Waals surface area contributed by atoms with Gasteiger partial charge in [-0.2, -0.15) is 4.98 Å². The van der Waals surface area contributed by atoms with Crippen molar-refractivity contribution in [1.82, 2.24) is 19.9 Å². The van der Waals surface area contributed by atoms with E-state index in [2.05, 4.69) is 121 Å².